The number of fused-ring (bicyclic) bond motifs is 1. The summed E-state index contributed by atoms with van der Waals surface area (Å²) < 4.78 is 0. The molecule has 2 aliphatic heterocycles. The highest BCUT2D eigenvalue weighted by molar-refractivity contribution is 6.35. The van der Waals surface area contributed by atoms with Crippen molar-refractivity contribution < 1.29 is 14.4 Å². The minimum absolute atomic E-state index is 0.184. The van der Waals surface area contributed by atoms with Gasteiger partial charge in [-0.1, -0.05) is 29.8 Å². The lowest BCUT2D eigenvalue weighted by Crippen LogP contribution is -2.45. The lowest BCUT2D eigenvalue weighted by Gasteiger charge is -2.24. The van der Waals surface area contributed by atoms with E-state index < -0.39 is 5.91 Å². The zero-order valence-corrected chi connectivity index (χ0v) is 17.8. The molecule has 0 atom stereocenters. The van der Waals surface area contributed by atoms with Gasteiger partial charge in [0.05, 0.1) is 10.6 Å². The summed E-state index contributed by atoms with van der Waals surface area (Å²) in [6, 6.07) is 12.7. The van der Waals surface area contributed by atoms with Crippen LogP contribution in [0.5, 0.6) is 0 Å². The van der Waals surface area contributed by atoms with E-state index >= 15 is 0 Å². The Kier molecular flexibility index (Phi) is 6.11. The van der Waals surface area contributed by atoms with Crippen molar-refractivity contribution in [2.75, 3.05) is 36.0 Å². The highest BCUT2D eigenvalue weighted by Crippen LogP contribution is 2.31. The summed E-state index contributed by atoms with van der Waals surface area (Å²) in [6.45, 7) is 1.77. The van der Waals surface area contributed by atoms with Crippen LogP contribution in [0.25, 0.3) is 0 Å². The second-order valence-corrected chi connectivity index (χ2v) is 8.10. The van der Waals surface area contributed by atoms with Crippen LogP contribution in [0.15, 0.2) is 42.5 Å². The van der Waals surface area contributed by atoms with Crippen molar-refractivity contribution in [2.45, 2.75) is 19.4 Å². The topological polar surface area (TPSA) is 99.0 Å². The number of nitrogens with one attached hydrogen (secondary N) is 1. The van der Waals surface area contributed by atoms with Crippen LogP contribution in [0.3, 0.4) is 0 Å². The molecule has 0 unspecified atom stereocenters. The number of hydrogen-bond donors (Lipinski definition) is 2. The summed E-state index contributed by atoms with van der Waals surface area (Å²) in [5.74, 6) is 3.99. The molecule has 0 aliphatic carbocycles. The van der Waals surface area contributed by atoms with Crippen LogP contribution in [0.4, 0.5) is 11.4 Å². The van der Waals surface area contributed by atoms with Crippen LogP contribution in [0.2, 0.25) is 5.02 Å². The van der Waals surface area contributed by atoms with Crippen molar-refractivity contribution in [1.82, 2.24) is 10.3 Å². The number of nitrogens with zero attached hydrogens (tertiary/aromatic N) is 3. The van der Waals surface area contributed by atoms with Gasteiger partial charge < -0.3 is 9.80 Å². The van der Waals surface area contributed by atoms with Gasteiger partial charge in [-0.15, -0.1) is 0 Å². The number of para-hydroxylation sites is 1. The fourth-order valence-corrected chi connectivity index (χ4v) is 4.32. The van der Waals surface area contributed by atoms with Crippen molar-refractivity contribution in [3.63, 3.8) is 0 Å². The molecule has 3 N–H and O–H groups in total. The zero-order valence-electron chi connectivity index (χ0n) is 17.0. The predicted octanol–water partition coefficient (Wildman–Crippen LogP) is 1.92. The van der Waals surface area contributed by atoms with Gasteiger partial charge >= 0.3 is 0 Å². The molecule has 4 rings (SSSR count). The summed E-state index contributed by atoms with van der Waals surface area (Å²) in [4.78, 5) is 43.1. The number of rotatable bonds is 4. The Morgan fingerprint density at radius 3 is 2.52 bits per heavy atom. The Morgan fingerprint density at radius 1 is 1.06 bits per heavy atom. The fourth-order valence-electron chi connectivity index (χ4n) is 4.06. The number of benzene rings is 2. The molecule has 2 aliphatic rings. The second-order valence-electron chi connectivity index (χ2n) is 7.70. The summed E-state index contributed by atoms with van der Waals surface area (Å²) in [6.07, 6.45) is 2.29. The monoisotopic (exact) mass is 441 g/mol. The standard InChI is InChI=1S/C22H24ClN5O3/c23-18-11-16(26-9-3-4-10-26)7-8-17(18)22(31)28-14-21(30)27(13-20(29)25-24)12-15-5-1-2-6-19(15)28/h1-2,5-8,11H,3-4,9-10,12-14,24H2,(H,25,29). The normalized spacial score (nSPS) is 16.2. The van der Waals surface area contributed by atoms with E-state index in [0.29, 0.717) is 16.3 Å². The molecule has 3 amide bonds. The molecule has 8 nitrogen and oxygen atoms in total. The van der Waals surface area contributed by atoms with Crippen LogP contribution in [0, 0.1) is 0 Å². The molecule has 162 valence electrons. The van der Waals surface area contributed by atoms with Gasteiger partial charge in [0.15, 0.2) is 0 Å². The van der Waals surface area contributed by atoms with Gasteiger partial charge in [0, 0.05) is 31.0 Å². The minimum Gasteiger partial charge on any atom is -0.371 e. The maximum atomic E-state index is 13.5. The van der Waals surface area contributed by atoms with Gasteiger partial charge in [0.1, 0.15) is 13.1 Å². The molecule has 2 aromatic rings. The summed E-state index contributed by atoms with van der Waals surface area (Å²) in [7, 11) is 0. The molecule has 0 aromatic heterocycles. The van der Waals surface area contributed by atoms with E-state index in [1.54, 1.807) is 12.1 Å². The Balaban J connectivity index is 1.64. The highest BCUT2D eigenvalue weighted by Gasteiger charge is 2.31. The van der Waals surface area contributed by atoms with Gasteiger partial charge in [-0.3, -0.25) is 24.7 Å². The van der Waals surface area contributed by atoms with E-state index in [2.05, 4.69) is 4.90 Å². The summed E-state index contributed by atoms with van der Waals surface area (Å²) >= 11 is 6.51. The average Bonchev–Trinajstić information content (AvgIpc) is 3.27. The van der Waals surface area contributed by atoms with Crippen LogP contribution >= 0.6 is 11.6 Å². The van der Waals surface area contributed by atoms with Crippen molar-refractivity contribution in [2.24, 2.45) is 5.84 Å². The maximum absolute atomic E-state index is 13.5. The van der Waals surface area contributed by atoms with Gasteiger partial charge in [0.25, 0.3) is 11.8 Å². The molecule has 2 heterocycles. The zero-order chi connectivity index (χ0) is 22.0. The van der Waals surface area contributed by atoms with Crippen LogP contribution in [-0.4, -0.2) is 48.8 Å². The predicted molar refractivity (Wildman–Crippen MR) is 119 cm³/mol. The van der Waals surface area contributed by atoms with Crippen molar-refractivity contribution in [3.8, 4) is 0 Å². The molecular formula is C22H24ClN5O3. The third-order valence-corrected chi connectivity index (χ3v) is 6.00. The van der Waals surface area contributed by atoms with E-state index in [0.717, 1.165) is 37.2 Å². The van der Waals surface area contributed by atoms with Crippen LogP contribution < -0.4 is 21.1 Å². The molecule has 2 aromatic carbocycles. The number of nitrogens with two attached hydrogens (primary N) is 1. The molecule has 0 radical (unpaired) electrons. The SMILES string of the molecule is NNC(=O)CN1Cc2ccccc2N(C(=O)c2ccc(N3CCCC3)cc2Cl)CC1=O. The third kappa shape index (κ3) is 4.35. The highest BCUT2D eigenvalue weighted by atomic mass is 35.5. The number of hydrogen-bond acceptors (Lipinski definition) is 5. The van der Waals surface area contributed by atoms with E-state index in [-0.39, 0.29) is 31.4 Å². The molecule has 0 saturated carbocycles. The second kappa shape index (κ2) is 8.95. The first-order valence-electron chi connectivity index (χ1n) is 10.2. The number of amides is 3. The lowest BCUT2D eigenvalue weighted by molar-refractivity contribution is -0.135. The van der Waals surface area contributed by atoms with E-state index in [9.17, 15) is 14.4 Å². The molecular weight excluding hydrogens is 418 g/mol. The van der Waals surface area contributed by atoms with E-state index in [4.69, 9.17) is 17.4 Å². The third-order valence-electron chi connectivity index (χ3n) is 5.68. The molecule has 0 spiro atoms. The summed E-state index contributed by atoms with van der Waals surface area (Å²) in [5.41, 5.74) is 4.74. The van der Waals surface area contributed by atoms with E-state index in [1.807, 2.05) is 35.8 Å². The Hall–Kier alpha value is -3.10. The van der Waals surface area contributed by atoms with Gasteiger partial charge in [-0.05, 0) is 42.7 Å². The molecule has 0 bridgehead atoms. The fraction of sp³-hybridized carbons (Fsp3) is 0.318. The first kappa shape index (κ1) is 21.1. The number of halogens is 1. The van der Waals surface area contributed by atoms with Gasteiger partial charge in [0.2, 0.25) is 5.91 Å². The van der Waals surface area contributed by atoms with Crippen molar-refractivity contribution in [1.29, 1.82) is 0 Å². The first-order chi connectivity index (χ1) is 15.0. The maximum Gasteiger partial charge on any atom is 0.260 e. The summed E-state index contributed by atoms with van der Waals surface area (Å²) in [5, 5.41) is 0.350. The average molecular weight is 442 g/mol. The molecule has 9 heteroatoms. The van der Waals surface area contributed by atoms with Gasteiger partial charge in [-0.25, -0.2) is 5.84 Å². The first-order valence-corrected chi connectivity index (χ1v) is 10.6. The Bertz CT molecular complexity index is 1020. The molecule has 31 heavy (non-hydrogen) atoms. The number of anilines is 2. The van der Waals surface area contributed by atoms with E-state index in [1.165, 1.54) is 9.80 Å². The Morgan fingerprint density at radius 2 is 1.81 bits per heavy atom. The van der Waals surface area contributed by atoms with Crippen molar-refractivity contribution >= 4 is 40.7 Å². The quantitative estimate of drug-likeness (QED) is 0.429. The minimum atomic E-state index is -0.480. The largest absolute Gasteiger partial charge is 0.371 e. The number of carbonyl (C=O) groups excluding carboxylic acids is 3. The molecule has 1 fully saturated rings. The smallest absolute Gasteiger partial charge is 0.260 e. The Labute approximate surface area is 185 Å². The van der Waals surface area contributed by atoms with Crippen LogP contribution in [0.1, 0.15) is 28.8 Å². The van der Waals surface area contributed by atoms with Gasteiger partial charge in [-0.2, -0.15) is 0 Å². The van der Waals surface area contributed by atoms with Crippen molar-refractivity contribution in [3.05, 3.63) is 58.6 Å². The molecule has 1 saturated heterocycles. The lowest BCUT2D eigenvalue weighted by atomic mass is 10.1. The number of hydrazine groups is 1. The number of carbonyl (C=O) groups is 3. The van der Waals surface area contributed by atoms with Crippen LogP contribution in [-0.2, 0) is 16.1 Å².